The van der Waals surface area contributed by atoms with Gasteiger partial charge in [0.2, 0.25) is 0 Å². The number of halogens is 1. The Labute approximate surface area is 141 Å². The molecule has 2 aromatic rings. The molecule has 0 aliphatic rings. The van der Waals surface area contributed by atoms with Gasteiger partial charge in [0.25, 0.3) is 5.91 Å². The van der Waals surface area contributed by atoms with E-state index in [1.165, 1.54) is 5.56 Å². The SMILES string of the molecule is C/C(=N\NC(=O)[C@H](C)Nc1cccc(Cl)c1)c1ccc(C)cc1. The van der Waals surface area contributed by atoms with Crippen LogP contribution in [-0.4, -0.2) is 17.7 Å². The molecule has 1 atom stereocenters. The van der Waals surface area contributed by atoms with Crippen molar-refractivity contribution in [3.05, 3.63) is 64.7 Å². The lowest BCUT2D eigenvalue weighted by Crippen LogP contribution is -2.35. The average Bonchev–Trinajstić information content (AvgIpc) is 2.53. The van der Waals surface area contributed by atoms with Crippen molar-refractivity contribution in [2.75, 3.05) is 5.32 Å². The molecule has 2 rings (SSSR count). The number of hydrazone groups is 1. The Hall–Kier alpha value is -2.33. The first kappa shape index (κ1) is 17.0. The van der Waals surface area contributed by atoms with Gasteiger partial charge in [-0.25, -0.2) is 5.43 Å². The van der Waals surface area contributed by atoms with Gasteiger partial charge in [0.05, 0.1) is 5.71 Å². The largest absolute Gasteiger partial charge is 0.374 e. The van der Waals surface area contributed by atoms with Crippen molar-refractivity contribution in [3.8, 4) is 0 Å². The van der Waals surface area contributed by atoms with E-state index < -0.39 is 6.04 Å². The summed E-state index contributed by atoms with van der Waals surface area (Å²) >= 11 is 5.93. The van der Waals surface area contributed by atoms with Gasteiger partial charge in [0.15, 0.2) is 0 Å². The number of hydrogen-bond donors (Lipinski definition) is 2. The molecule has 0 fully saturated rings. The summed E-state index contributed by atoms with van der Waals surface area (Å²) in [6.07, 6.45) is 0. The highest BCUT2D eigenvalue weighted by atomic mass is 35.5. The third kappa shape index (κ3) is 5.11. The molecule has 0 unspecified atom stereocenters. The maximum absolute atomic E-state index is 12.1. The summed E-state index contributed by atoms with van der Waals surface area (Å²) in [6, 6.07) is 14.8. The van der Waals surface area contributed by atoms with E-state index in [9.17, 15) is 4.79 Å². The summed E-state index contributed by atoms with van der Waals surface area (Å²) in [6.45, 7) is 5.66. The molecule has 120 valence electrons. The standard InChI is InChI=1S/C18H20ClN3O/c1-12-7-9-15(10-8-12)13(2)21-22-18(23)14(3)20-17-6-4-5-16(19)11-17/h4-11,14,20H,1-3H3,(H,22,23)/b21-13+/t14-/m0/s1. The van der Waals surface area contributed by atoms with Crippen LogP contribution in [0.3, 0.4) is 0 Å². The second-order valence-corrected chi connectivity index (χ2v) is 5.85. The third-order valence-electron chi connectivity index (χ3n) is 3.40. The normalized spacial score (nSPS) is 12.6. The molecule has 0 aliphatic carbocycles. The van der Waals surface area contributed by atoms with E-state index in [0.717, 1.165) is 17.0 Å². The lowest BCUT2D eigenvalue weighted by atomic mass is 10.1. The first-order chi connectivity index (χ1) is 11.0. The summed E-state index contributed by atoms with van der Waals surface area (Å²) in [7, 11) is 0. The number of benzene rings is 2. The highest BCUT2D eigenvalue weighted by molar-refractivity contribution is 6.30. The fraction of sp³-hybridized carbons (Fsp3) is 0.222. The second kappa shape index (κ2) is 7.79. The van der Waals surface area contributed by atoms with Crippen LogP contribution in [0.4, 0.5) is 5.69 Å². The Balaban J connectivity index is 1.95. The van der Waals surface area contributed by atoms with E-state index >= 15 is 0 Å². The molecule has 0 aliphatic heterocycles. The van der Waals surface area contributed by atoms with Crippen molar-refractivity contribution in [2.45, 2.75) is 26.8 Å². The van der Waals surface area contributed by atoms with E-state index in [-0.39, 0.29) is 5.91 Å². The number of amides is 1. The van der Waals surface area contributed by atoms with Gasteiger partial charge in [0.1, 0.15) is 6.04 Å². The third-order valence-corrected chi connectivity index (χ3v) is 3.64. The summed E-state index contributed by atoms with van der Waals surface area (Å²) in [4.78, 5) is 12.1. The lowest BCUT2D eigenvalue weighted by Gasteiger charge is -2.14. The Bertz CT molecular complexity index is 710. The van der Waals surface area contributed by atoms with E-state index in [1.807, 2.05) is 50.2 Å². The molecule has 23 heavy (non-hydrogen) atoms. The van der Waals surface area contributed by atoms with Gasteiger partial charge >= 0.3 is 0 Å². The molecular weight excluding hydrogens is 310 g/mol. The molecule has 0 heterocycles. The minimum Gasteiger partial charge on any atom is -0.374 e. The van der Waals surface area contributed by atoms with Gasteiger partial charge in [-0.1, -0.05) is 47.5 Å². The van der Waals surface area contributed by atoms with Gasteiger partial charge in [-0.3, -0.25) is 4.79 Å². The van der Waals surface area contributed by atoms with Crippen LogP contribution in [0.1, 0.15) is 25.0 Å². The summed E-state index contributed by atoms with van der Waals surface area (Å²) in [5.74, 6) is -0.212. The van der Waals surface area contributed by atoms with Crippen LogP contribution in [-0.2, 0) is 4.79 Å². The van der Waals surface area contributed by atoms with Crippen LogP contribution in [0.5, 0.6) is 0 Å². The van der Waals surface area contributed by atoms with Crippen molar-refractivity contribution < 1.29 is 4.79 Å². The summed E-state index contributed by atoms with van der Waals surface area (Å²) < 4.78 is 0. The number of rotatable bonds is 5. The van der Waals surface area contributed by atoms with Gasteiger partial charge in [-0.05, 0) is 44.5 Å². The molecule has 2 N–H and O–H groups in total. The zero-order valence-corrected chi connectivity index (χ0v) is 14.2. The molecule has 5 heteroatoms. The topological polar surface area (TPSA) is 53.5 Å². The smallest absolute Gasteiger partial charge is 0.262 e. The number of hydrogen-bond acceptors (Lipinski definition) is 3. The van der Waals surface area contributed by atoms with E-state index in [4.69, 9.17) is 11.6 Å². The molecule has 0 bridgehead atoms. The Morgan fingerprint density at radius 3 is 2.52 bits per heavy atom. The van der Waals surface area contributed by atoms with Crippen LogP contribution < -0.4 is 10.7 Å². The van der Waals surface area contributed by atoms with Crippen LogP contribution in [0.25, 0.3) is 0 Å². The number of carbonyl (C=O) groups is 1. The highest BCUT2D eigenvalue weighted by Crippen LogP contribution is 2.15. The Kier molecular flexibility index (Phi) is 5.77. The molecule has 4 nitrogen and oxygen atoms in total. The van der Waals surface area contributed by atoms with Crippen molar-refractivity contribution in [2.24, 2.45) is 5.10 Å². The Morgan fingerprint density at radius 2 is 1.87 bits per heavy atom. The first-order valence-electron chi connectivity index (χ1n) is 7.39. The molecule has 1 amide bonds. The molecule has 0 saturated carbocycles. The maximum atomic E-state index is 12.1. The summed E-state index contributed by atoms with van der Waals surface area (Å²) in [5.41, 5.74) is 6.30. The minimum absolute atomic E-state index is 0.212. The number of nitrogens with one attached hydrogen (secondary N) is 2. The Morgan fingerprint density at radius 1 is 1.17 bits per heavy atom. The minimum atomic E-state index is -0.428. The van der Waals surface area contributed by atoms with E-state index in [0.29, 0.717) is 5.02 Å². The van der Waals surface area contributed by atoms with Crippen LogP contribution in [0.15, 0.2) is 53.6 Å². The first-order valence-corrected chi connectivity index (χ1v) is 7.77. The molecule has 0 radical (unpaired) electrons. The van der Waals surface area contributed by atoms with Crippen molar-refractivity contribution in [1.29, 1.82) is 0 Å². The monoisotopic (exact) mass is 329 g/mol. The second-order valence-electron chi connectivity index (χ2n) is 5.42. The fourth-order valence-electron chi connectivity index (χ4n) is 1.99. The zero-order valence-electron chi connectivity index (χ0n) is 13.4. The van der Waals surface area contributed by atoms with Crippen molar-refractivity contribution >= 4 is 28.9 Å². The number of nitrogens with zero attached hydrogens (tertiary/aromatic N) is 1. The van der Waals surface area contributed by atoms with E-state index in [1.54, 1.807) is 19.1 Å². The van der Waals surface area contributed by atoms with Gasteiger partial charge in [-0.2, -0.15) is 5.10 Å². The van der Waals surface area contributed by atoms with E-state index in [2.05, 4.69) is 15.8 Å². The number of anilines is 1. The fourth-order valence-corrected chi connectivity index (χ4v) is 2.18. The van der Waals surface area contributed by atoms with Gasteiger partial charge < -0.3 is 5.32 Å². The average molecular weight is 330 g/mol. The lowest BCUT2D eigenvalue weighted by molar-refractivity contribution is -0.121. The van der Waals surface area contributed by atoms with Crippen LogP contribution in [0.2, 0.25) is 5.02 Å². The van der Waals surface area contributed by atoms with Gasteiger partial charge in [0, 0.05) is 10.7 Å². The molecule has 0 saturated heterocycles. The molecular formula is C18H20ClN3O. The predicted molar refractivity (Wildman–Crippen MR) is 96.1 cm³/mol. The molecule has 2 aromatic carbocycles. The molecule has 0 spiro atoms. The van der Waals surface area contributed by atoms with Crippen molar-refractivity contribution in [1.82, 2.24) is 5.43 Å². The quantitative estimate of drug-likeness (QED) is 0.643. The maximum Gasteiger partial charge on any atom is 0.262 e. The predicted octanol–water partition coefficient (Wildman–Crippen LogP) is 3.99. The van der Waals surface area contributed by atoms with Gasteiger partial charge in [-0.15, -0.1) is 0 Å². The zero-order chi connectivity index (χ0) is 16.8. The highest BCUT2D eigenvalue weighted by Gasteiger charge is 2.12. The van der Waals surface area contributed by atoms with Crippen LogP contribution >= 0.6 is 11.6 Å². The van der Waals surface area contributed by atoms with Crippen LogP contribution in [0, 0.1) is 6.92 Å². The summed E-state index contributed by atoms with van der Waals surface area (Å²) in [5, 5.41) is 7.86. The van der Waals surface area contributed by atoms with Crippen molar-refractivity contribution in [3.63, 3.8) is 0 Å². The molecule has 0 aromatic heterocycles. The number of carbonyl (C=O) groups excluding carboxylic acids is 1. The number of aryl methyl sites for hydroxylation is 1.